The van der Waals surface area contributed by atoms with E-state index in [9.17, 15) is 0 Å². The Morgan fingerprint density at radius 3 is 2.58 bits per heavy atom. The summed E-state index contributed by atoms with van der Waals surface area (Å²) < 4.78 is 0. The van der Waals surface area contributed by atoms with Gasteiger partial charge < -0.3 is 0 Å². The summed E-state index contributed by atoms with van der Waals surface area (Å²) in [5, 5.41) is 0. The van der Waals surface area contributed by atoms with Crippen molar-refractivity contribution in [2.75, 3.05) is 0 Å². The van der Waals surface area contributed by atoms with Gasteiger partial charge in [0.25, 0.3) is 0 Å². The zero-order valence-electron chi connectivity index (χ0n) is 7.91. The zero-order valence-corrected chi connectivity index (χ0v) is 9.47. The molecule has 0 aliphatic heterocycles. The summed E-state index contributed by atoms with van der Waals surface area (Å²) in [7, 11) is 0. The normalized spacial score (nSPS) is 15.2. The van der Waals surface area contributed by atoms with Crippen LogP contribution in [0.5, 0.6) is 0 Å². The minimum atomic E-state index is 0. The Hall–Kier alpha value is 0.0643. The summed E-state index contributed by atoms with van der Waals surface area (Å²) in [5.41, 5.74) is 6.37. The minimum absolute atomic E-state index is 0. The first-order valence-electron chi connectivity index (χ1n) is 4.53. The van der Waals surface area contributed by atoms with Crippen LogP contribution in [0.15, 0.2) is 6.07 Å². The molecule has 0 radical (unpaired) electrons. The zero-order chi connectivity index (χ0) is 7.84. The molecule has 0 heterocycles. The summed E-state index contributed by atoms with van der Waals surface area (Å²) >= 11 is 0. The van der Waals surface area contributed by atoms with Gasteiger partial charge in [0.05, 0.1) is 0 Å². The van der Waals surface area contributed by atoms with Crippen LogP contribution in [0.25, 0.3) is 0 Å². The predicted molar refractivity (Wildman–Crippen MR) is 48.2 cm³/mol. The SMILES string of the molecule is Cc1c[c-](C)c2c1CCCC2.[Ti]. The molecule has 0 fully saturated rings. The van der Waals surface area contributed by atoms with Crippen LogP contribution < -0.4 is 0 Å². The molecule has 1 aliphatic rings. The van der Waals surface area contributed by atoms with Crippen molar-refractivity contribution in [2.24, 2.45) is 0 Å². The van der Waals surface area contributed by atoms with Crippen molar-refractivity contribution < 1.29 is 21.7 Å². The van der Waals surface area contributed by atoms with E-state index in [4.69, 9.17) is 0 Å². The summed E-state index contributed by atoms with van der Waals surface area (Å²) in [6.45, 7) is 4.49. The molecule has 1 aromatic carbocycles. The van der Waals surface area contributed by atoms with Crippen molar-refractivity contribution in [2.45, 2.75) is 39.5 Å². The Kier molecular flexibility index (Phi) is 3.25. The quantitative estimate of drug-likeness (QED) is 0.441. The monoisotopic (exact) mass is 195 g/mol. The maximum Gasteiger partial charge on any atom is 0 e. The van der Waals surface area contributed by atoms with Crippen LogP contribution in [0.4, 0.5) is 0 Å². The van der Waals surface area contributed by atoms with Gasteiger partial charge >= 0.3 is 0 Å². The molecule has 1 heteroatoms. The smallest absolute Gasteiger partial charge is 0 e. The number of fused-ring (bicyclic) bond motifs is 1. The maximum atomic E-state index is 2.34. The van der Waals surface area contributed by atoms with Crippen molar-refractivity contribution in [3.05, 3.63) is 28.3 Å². The Morgan fingerprint density at radius 1 is 1.25 bits per heavy atom. The van der Waals surface area contributed by atoms with E-state index in [0.29, 0.717) is 0 Å². The fourth-order valence-corrected chi connectivity index (χ4v) is 2.27. The van der Waals surface area contributed by atoms with Gasteiger partial charge in [-0.25, -0.2) is 0 Å². The maximum absolute atomic E-state index is 2.34. The first-order chi connectivity index (χ1) is 5.29. The molecule has 0 aromatic heterocycles. The molecular formula is C11H15Ti-. The summed E-state index contributed by atoms with van der Waals surface area (Å²) in [5.74, 6) is 0. The van der Waals surface area contributed by atoms with Crippen LogP contribution in [0.2, 0.25) is 0 Å². The van der Waals surface area contributed by atoms with Gasteiger partial charge in [0.1, 0.15) is 0 Å². The molecular weight excluding hydrogens is 180 g/mol. The third kappa shape index (κ3) is 1.55. The Balaban J connectivity index is 0.000000720. The fourth-order valence-electron chi connectivity index (χ4n) is 2.27. The van der Waals surface area contributed by atoms with E-state index in [1.165, 1.54) is 36.8 Å². The van der Waals surface area contributed by atoms with Gasteiger partial charge in [-0.15, -0.1) is 0 Å². The molecule has 0 unspecified atom stereocenters. The Labute approximate surface area is 89.6 Å². The van der Waals surface area contributed by atoms with Gasteiger partial charge in [0, 0.05) is 21.7 Å². The van der Waals surface area contributed by atoms with Gasteiger partial charge in [-0.3, -0.25) is 0 Å². The molecule has 2 rings (SSSR count). The van der Waals surface area contributed by atoms with E-state index in [-0.39, 0.29) is 21.7 Å². The molecule has 1 aromatic rings. The second-order valence-corrected chi connectivity index (χ2v) is 3.67. The molecule has 0 saturated carbocycles. The van der Waals surface area contributed by atoms with Crippen LogP contribution in [0.1, 0.15) is 35.1 Å². The van der Waals surface area contributed by atoms with Crippen molar-refractivity contribution in [3.8, 4) is 0 Å². The van der Waals surface area contributed by atoms with Crippen LogP contribution in [0.3, 0.4) is 0 Å². The van der Waals surface area contributed by atoms with E-state index in [0.717, 1.165) is 0 Å². The average Bonchev–Trinajstić information content (AvgIpc) is 2.30. The minimum Gasteiger partial charge on any atom is -0.198 e. The number of rotatable bonds is 0. The molecule has 12 heavy (non-hydrogen) atoms. The molecule has 0 atom stereocenters. The summed E-state index contributed by atoms with van der Waals surface area (Å²) in [6.07, 6.45) is 5.46. The number of aryl methyl sites for hydroxylation is 2. The van der Waals surface area contributed by atoms with E-state index < -0.39 is 0 Å². The molecule has 64 valence electrons. The molecule has 1 aliphatic carbocycles. The number of hydrogen-bond acceptors (Lipinski definition) is 0. The second-order valence-electron chi connectivity index (χ2n) is 3.67. The summed E-state index contributed by atoms with van der Waals surface area (Å²) in [6, 6.07) is 2.34. The van der Waals surface area contributed by atoms with E-state index in [1.807, 2.05) is 0 Å². The molecule has 0 saturated heterocycles. The predicted octanol–water partition coefficient (Wildman–Crippen LogP) is 2.90. The third-order valence-corrected chi connectivity index (χ3v) is 2.85. The van der Waals surface area contributed by atoms with Crippen molar-refractivity contribution in [1.29, 1.82) is 0 Å². The third-order valence-electron chi connectivity index (χ3n) is 2.85. The molecule has 0 bridgehead atoms. The van der Waals surface area contributed by atoms with Gasteiger partial charge in [-0.2, -0.15) is 28.3 Å². The van der Waals surface area contributed by atoms with Crippen LogP contribution in [0, 0.1) is 13.8 Å². The average molecular weight is 195 g/mol. The van der Waals surface area contributed by atoms with Crippen molar-refractivity contribution in [3.63, 3.8) is 0 Å². The Bertz CT molecular complexity index is 244. The molecule has 0 nitrogen and oxygen atoms in total. The fraction of sp³-hybridized carbons (Fsp3) is 0.545. The topological polar surface area (TPSA) is 0 Å². The van der Waals surface area contributed by atoms with Gasteiger partial charge in [0.15, 0.2) is 0 Å². The molecule has 0 amide bonds. The summed E-state index contributed by atoms with van der Waals surface area (Å²) in [4.78, 5) is 0. The van der Waals surface area contributed by atoms with Crippen LogP contribution >= 0.6 is 0 Å². The van der Waals surface area contributed by atoms with Crippen molar-refractivity contribution >= 4 is 0 Å². The van der Waals surface area contributed by atoms with E-state index >= 15 is 0 Å². The molecule has 0 N–H and O–H groups in total. The van der Waals surface area contributed by atoms with E-state index in [2.05, 4.69) is 19.9 Å². The first-order valence-corrected chi connectivity index (χ1v) is 4.53. The number of hydrogen-bond donors (Lipinski definition) is 0. The van der Waals surface area contributed by atoms with Crippen LogP contribution in [-0.4, -0.2) is 0 Å². The first kappa shape index (κ1) is 10.1. The molecule has 0 spiro atoms. The second kappa shape index (κ2) is 3.85. The van der Waals surface area contributed by atoms with Crippen LogP contribution in [-0.2, 0) is 34.6 Å². The van der Waals surface area contributed by atoms with Gasteiger partial charge in [0.2, 0.25) is 0 Å². The Morgan fingerprint density at radius 2 is 1.92 bits per heavy atom. The van der Waals surface area contributed by atoms with Gasteiger partial charge in [-0.1, -0.05) is 39.5 Å². The van der Waals surface area contributed by atoms with Gasteiger partial charge in [-0.05, 0) is 0 Å². The largest absolute Gasteiger partial charge is 0.198 e. The van der Waals surface area contributed by atoms with E-state index in [1.54, 1.807) is 11.1 Å². The standard InChI is InChI=1S/C11H15.Ti/c1-8-7-9(2)11-6-4-3-5-10(8)11;/h7H,3-6H2,1-2H3;/q-1;. The van der Waals surface area contributed by atoms with Crippen molar-refractivity contribution in [1.82, 2.24) is 0 Å².